The van der Waals surface area contributed by atoms with Gasteiger partial charge >= 0.3 is 0 Å². The Morgan fingerprint density at radius 3 is 2.45 bits per heavy atom. The number of hydrogen-bond acceptors (Lipinski definition) is 3. The molecule has 0 fully saturated rings. The van der Waals surface area contributed by atoms with Crippen LogP contribution in [-0.4, -0.2) is 18.2 Å². The summed E-state index contributed by atoms with van der Waals surface area (Å²) in [5, 5.41) is 10.6. The molecule has 1 aromatic heterocycles. The number of nitrogens with two attached hydrogens (primary N) is 1. The third-order valence-corrected chi connectivity index (χ3v) is 4.15. The molecular formula is C13H18ClN3O2S. The van der Waals surface area contributed by atoms with E-state index >= 15 is 0 Å². The number of halogens is 1. The molecule has 7 heteroatoms. The second-order valence-electron chi connectivity index (χ2n) is 5.95. The van der Waals surface area contributed by atoms with Crippen molar-refractivity contribution in [1.29, 1.82) is 0 Å². The van der Waals surface area contributed by atoms with Crippen molar-refractivity contribution in [2.45, 2.75) is 31.9 Å². The van der Waals surface area contributed by atoms with Gasteiger partial charge in [-0.2, -0.15) is 5.10 Å². The Labute approximate surface area is 123 Å². The number of hydrogen-bond donors (Lipinski definition) is 1. The average molecular weight is 316 g/mol. The van der Waals surface area contributed by atoms with Crippen molar-refractivity contribution in [2.24, 2.45) is 12.2 Å². The summed E-state index contributed by atoms with van der Waals surface area (Å²) < 4.78 is 24.3. The molecule has 1 heterocycles. The van der Waals surface area contributed by atoms with E-state index in [1.807, 2.05) is 6.07 Å². The lowest BCUT2D eigenvalue weighted by Gasteiger charge is -2.21. The minimum absolute atomic E-state index is 0.102. The second kappa shape index (κ2) is 4.72. The molecule has 0 atom stereocenters. The fourth-order valence-corrected chi connectivity index (χ4v) is 3.20. The molecule has 0 saturated heterocycles. The molecule has 0 aliphatic carbocycles. The normalized spacial score (nSPS) is 13.1. The lowest BCUT2D eigenvalue weighted by molar-refractivity contribution is 0.589. The Balaban J connectivity index is 2.83. The first kappa shape index (κ1) is 15.3. The van der Waals surface area contributed by atoms with Crippen LogP contribution < -0.4 is 5.14 Å². The van der Waals surface area contributed by atoms with Gasteiger partial charge in [0, 0.05) is 12.4 Å². The number of nitrogens with zero attached hydrogens (tertiary/aromatic N) is 2. The molecule has 0 saturated carbocycles. The zero-order valence-corrected chi connectivity index (χ0v) is 13.5. The molecule has 0 aliphatic heterocycles. The first-order valence-corrected chi connectivity index (χ1v) is 8.25. The number of fused-ring (bicyclic) bond motifs is 1. The highest BCUT2D eigenvalue weighted by molar-refractivity contribution is 7.88. The maximum absolute atomic E-state index is 11.3. The topological polar surface area (TPSA) is 78.0 Å². The molecule has 0 amide bonds. The van der Waals surface area contributed by atoms with Crippen LogP contribution >= 0.6 is 11.6 Å². The summed E-state index contributed by atoms with van der Waals surface area (Å²) in [4.78, 5) is 0. The van der Waals surface area contributed by atoms with Gasteiger partial charge in [0.2, 0.25) is 10.0 Å². The maximum atomic E-state index is 11.3. The zero-order valence-electron chi connectivity index (χ0n) is 11.9. The van der Waals surface area contributed by atoms with E-state index in [2.05, 4.69) is 25.9 Å². The highest BCUT2D eigenvalue weighted by Crippen LogP contribution is 2.35. The van der Waals surface area contributed by atoms with Crippen molar-refractivity contribution < 1.29 is 8.42 Å². The third kappa shape index (κ3) is 2.82. The quantitative estimate of drug-likeness (QED) is 0.923. The van der Waals surface area contributed by atoms with E-state index in [0.29, 0.717) is 16.1 Å². The highest BCUT2D eigenvalue weighted by Gasteiger charge is 2.24. The van der Waals surface area contributed by atoms with Gasteiger partial charge in [-0.15, -0.1) is 0 Å². The van der Waals surface area contributed by atoms with Gasteiger partial charge < -0.3 is 0 Å². The van der Waals surface area contributed by atoms with Crippen molar-refractivity contribution in [2.75, 3.05) is 0 Å². The Bertz CT molecular complexity index is 773. The van der Waals surface area contributed by atoms with E-state index in [9.17, 15) is 8.42 Å². The molecule has 110 valence electrons. The molecule has 0 bridgehead atoms. The third-order valence-electron chi connectivity index (χ3n) is 3.16. The first-order valence-electron chi connectivity index (χ1n) is 6.16. The summed E-state index contributed by atoms with van der Waals surface area (Å²) >= 11 is 6.24. The number of aromatic nitrogens is 2. The van der Waals surface area contributed by atoms with Crippen LogP contribution in [0, 0.1) is 0 Å². The predicted octanol–water partition coefficient (Wildman–Crippen LogP) is 2.31. The van der Waals surface area contributed by atoms with Gasteiger partial charge in [-0.1, -0.05) is 38.4 Å². The van der Waals surface area contributed by atoms with Gasteiger partial charge in [-0.25, -0.2) is 13.6 Å². The van der Waals surface area contributed by atoms with Crippen LogP contribution in [0.15, 0.2) is 12.1 Å². The van der Waals surface area contributed by atoms with Crippen molar-refractivity contribution in [3.05, 3.63) is 28.4 Å². The Kier molecular flexibility index (Phi) is 3.60. The van der Waals surface area contributed by atoms with E-state index < -0.39 is 10.0 Å². The van der Waals surface area contributed by atoms with Crippen LogP contribution in [-0.2, 0) is 28.2 Å². The van der Waals surface area contributed by atoms with Crippen LogP contribution in [0.25, 0.3) is 10.9 Å². The van der Waals surface area contributed by atoms with Gasteiger partial charge in [0.15, 0.2) is 0 Å². The smallest absolute Gasteiger partial charge is 0.214 e. The standard InChI is InChI=1S/C13H18ClN3O2S/c1-13(2,3)8-5-6-9(14)11-10(7-20(15,18)19)16-17(4)12(8)11/h5-6H,7H2,1-4H3,(H2,15,18,19). The van der Waals surface area contributed by atoms with Crippen molar-refractivity contribution in [3.8, 4) is 0 Å². The number of sulfonamides is 1. The van der Waals surface area contributed by atoms with Crippen LogP contribution in [0.1, 0.15) is 32.0 Å². The van der Waals surface area contributed by atoms with Gasteiger partial charge in [0.25, 0.3) is 0 Å². The minimum Gasteiger partial charge on any atom is -0.267 e. The van der Waals surface area contributed by atoms with Crippen molar-refractivity contribution in [3.63, 3.8) is 0 Å². The summed E-state index contributed by atoms with van der Waals surface area (Å²) in [6.45, 7) is 6.26. The minimum atomic E-state index is -3.65. The van der Waals surface area contributed by atoms with Gasteiger partial charge in [-0.05, 0) is 17.0 Å². The number of benzene rings is 1. The fourth-order valence-electron chi connectivity index (χ4n) is 2.36. The van der Waals surface area contributed by atoms with Gasteiger partial charge in [0.05, 0.1) is 16.2 Å². The van der Waals surface area contributed by atoms with Crippen LogP contribution in [0.2, 0.25) is 5.02 Å². The second-order valence-corrected chi connectivity index (χ2v) is 7.97. The van der Waals surface area contributed by atoms with E-state index in [1.54, 1.807) is 17.8 Å². The predicted molar refractivity (Wildman–Crippen MR) is 81.2 cm³/mol. The summed E-state index contributed by atoms with van der Waals surface area (Å²) in [6.07, 6.45) is 0. The molecule has 0 aliphatic rings. The Hall–Kier alpha value is -1.11. The molecule has 0 unspecified atom stereocenters. The Morgan fingerprint density at radius 1 is 1.35 bits per heavy atom. The summed E-state index contributed by atoms with van der Waals surface area (Å²) in [6, 6.07) is 3.73. The van der Waals surface area contributed by atoms with Gasteiger partial charge in [0.1, 0.15) is 5.75 Å². The molecule has 0 spiro atoms. The largest absolute Gasteiger partial charge is 0.267 e. The lowest BCUT2D eigenvalue weighted by Crippen LogP contribution is -2.15. The molecular weight excluding hydrogens is 298 g/mol. The van der Waals surface area contributed by atoms with E-state index in [4.69, 9.17) is 16.7 Å². The van der Waals surface area contributed by atoms with Crippen molar-refractivity contribution >= 4 is 32.5 Å². The molecule has 1 aromatic carbocycles. The monoisotopic (exact) mass is 315 g/mol. The lowest BCUT2D eigenvalue weighted by atomic mass is 9.85. The van der Waals surface area contributed by atoms with E-state index in [-0.39, 0.29) is 11.2 Å². The van der Waals surface area contributed by atoms with Crippen LogP contribution in [0.3, 0.4) is 0 Å². The molecule has 2 aromatic rings. The zero-order chi connectivity index (χ0) is 15.3. The molecule has 2 N–H and O–H groups in total. The summed E-state index contributed by atoms with van der Waals surface area (Å²) in [5.41, 5.74) is 2.20. The number of aryl methyl sites for hydroxylation is 1. The van der Waals surface area contributed by atoms with E-state index in [0.717, 1.165) is 11.1 Å². The van der Waals surface area contributed by atoms with Crippen molar-refractivity contribution in [1.82, 2.24) is 9.78 Å². The highest BCUT2D eigenvalue weighted by atomic mass is 35.5. The summed E-state index contributed by atoms with van der Waals surface area (Å²) in [7, 11) is -1.88. The molecule has 2 rings (SSSR count). The van der Waals surface area contributed by atoms with Crippen LogP contribution in [0.5, 0.6) is 0 Å². The molecule has 20 heavy (non-hydrogen) atoms. The summed E-state index contributed by atoms with van der Waals surface area (Å²) in [5.74, 6) is -0.322. The van der Waals surface area contributed by atoms with Crippen LogP contribution in [0.4, 0.5) is 0 Å². The number of primary sulfonamides is 1. The fraction of sp³-hybridized carbons (Fsp3) is 0.462. The maximum Gasteiger partial charge on any atom is 0.214 e. The Morgan fingerprint density at radius 2 is 1.95 bits per heavy atom. The number of rotatable bonds is 2. The molecule has 0 radical (unpaired) electrons. The van der Waals surface area contributed by atoms with Gasteiger partial charge in [-0.3, -0.25) is 4.68 Å². The van der Waals surface area contributed by atoms with E-state index in [1.165, 1.54) is 0 Å². The molecule has 5 nitrogen and oxygen atoms in total. The average Bonchev–Trinajstić information content (AvgIpc) is 2.53. The SMILES string of the molecule is Cn1nc(CS(N)(=O)=O)c2c(Cl)ccc(C(C)(C)C)c21. The first-order chi connectivity index (χ1) is 9.00.